The van der Waals surface area contributed by atoms with E-state index in [0.29, 0.717) is 13.0 Å². The summed E-state index contributed by atoms with van der Waals surface area (Å²) in [4.78, 5) is 25.7. The number of halogens is 1. The van der Waals surface area contributed by atoms with Crippen molar-refractivity contribution in [2.75, 3.05) is 11.9 Å². The second-order valence-corrected chi connectivity index (χ2v) is 6.10. The molecular formula is C19H19FN2O3. The third-order valence-electron chi connectivity index (χ3n) is 4.37. The lowest BCUT2D eigenvalue weighted by Gasteiger charge is -2.24. The lowest BCUT2D eigenvalue weighted by atomic mass is 10.1. The van der Waals surface area contributed by atoms with Gasteiger partial charge in [-0.05, 0) is 43.1 Å². The Kier molecular flexibility index (Phi) is 5.09. The number of carbonyl (C=O) groups is 2. The van der Waals surface area contributed by atoms with Crippen LogP contribution in [0.5, 0.6) is 0 Å². The number of nitrogens with zero attached hydrogens (tertiary/aromatic N) is 1. The highest BCUT2D eigenvalue weighted by Gasteiger charge is 2.31. The molecule has 1 amide bonds. The molecule has 0 aliphatic carbocycles. The van der Waals surface area contributed by atoms with Gasteiger partial charge in [-0.2, -0.15) is 0 Å². The Morgan fingerprint density at radius 1 is 1.20 bits per heavy atom. The first-order chi connectivity index (χ1) is 12.0. The van der Waals surface area contributed by atoms with Crippen molar-refractivity contribution in [1.82, 2.24) is 4.90 Å². The summed E-state index contributed by atoms with van der Waals surface area (Å²) in [6.07, 6.45) is 1.58. The summed E-state index contributed by atoms with van der Waals surface area (Å²) < 4.78 is 13.9. The van der Waals surface area contributed by atoms with E-state index in [1.54, 1.807) is 0 Å². The van der Waals surface area contributed by atoms with Gasteiger partial charge in [-0.3, -0.25) is 9.69 Å². The molecule has 2 N–H and O–H groups in total. The molecule has 0 unspecified atom stereocenters. The lowest BCUT2D eigenvalue weighted by molar-refractivity contribution is -0.120. The number of carbonyl (C=O) groups excluding carboxylic acids is 1. The van der Waals surface area contributed by atoms with E-state index in [1.165, 1.54) is 6.07 Å². The quantitative estimate of drug-likeness (QED) is 0.876. The second kappa shape index (κ2) is 7.44. The lowest BCUT2D eigenvalue weighted by Crippen LogP contribution is -2.39. The number of carboxylic acids is 1. The second-order valence-electron chi connectivity index (χ2n) is 6.10. The largest absolute Gasteiger partial charge is 0.478 e. The fourth-order valence-electron chi connectivity index (χ4n) is 3.10. The van der Waals surface area contributed by atoms with Crippen LogP contribution in [0, 0.1) is 5.82 Å². The van der Waals surface area contributed by atoms with Crippen molar-refractivity contribution >= 4 is 17.6 Å². The third kappa shape index (κ3) is 4.03. The van der Waals surface area contributed by atoms with Crippen LogP contribution >= 0.6 is 0 Å². The summed E-state index contributed by atoms with van der Waals surface area (Å²) in [7, 11) is 0. The van der Waals surface area contributed by atoms with Gasteiger partial charge in [-0.1, -0.05) is 30.3 Å². The number of benzene rings is 2. The van der Waals surface area contributed by atoms with Crippen molar-refractivity contribution in [2.45, 2.75) is 25.4 Å². The smallest absolute Gasteiger partial charge is 0.335 e. The van der Waals surface area contributed by atoms with Gasteiger partial charge in [-0.25, -0.2) is 9.18 Å². The van der Waals surface area contributed by atoms with Crippen LogP contribution in [0.4, 0.5) is 10.1 Å². The van der Waals surface area contributed by atoms with E-state index in [9.17, 15) is 14.0 Å². The van der Waals surface area contributed by atoms with Crippen LogP contribution < -0.4 is 5.32 Å². The van der Waals surface area contributed by atoms with Gasteiger partial charge in [0.05, 0.1) is 17.3 Å². The van der Waals surface area contributed by atoms with Crippen LogP contribution in [0.1, 0.15) is 28.8 Å². The normalized spacial score (nSPS) is 17.4. The van der Waals surface area contributed by atoms with Crippen LogP contribution in [0.25, 0.3) is 0 Å². The summed E-state index contributed by atoms with van der Waals surface area (Å²) in [5.74, 6) is -2.12. The zero-order chi connectivity index (χ0) is 17.8. The van der Waals surface area contributed by atoms with Crippen molar-refractivity contribution < 1.29 is 19.1 Å². The van der Waals surface area contributed by atoms with Gasteiger partial charge in [0.1, 0.15) is 5.82 Å². The minimum absolute atomic E-state index is 0.0655. The highest BCUT2D eigenvalue weighted by Crippen LogP contribution is 2.23. The molecule has 3 rings (SSSR count). The maximum atomic E-state index is 13.9. The molecule has 0 spiro atoms. The van der Waals surface area contributed by atoms with Crippen LogP contribution in [0.2, 0.25) is 0 Å². The van der Waals surface area contributed by atoms with Crippen LogP contribution in [-0.4, -0.2) is 34.5 Å². The fourth-order valence-corrected chi connectivity index (χ4v) is 3.10. The number of nitrogens with one attached hydrogen (secondary N) is 1. The Morgan fingerprint density at radius 2 is 1.96 bits per heavy atom. The molecule has 1 aliphatic rings. The van der Waals surface area contributed by atoms with Crippen molar-refractivity contribution in [2.24, 2.45) is 0 Å². The number of aromatic carboxylic acids is 1. The topological polar surface area (TPSA) is 69.6 Å². The van der Waals surface area contributed by atoms with E-state index in [2.05, 4.69) is 10.2 Å². The SMILES string of the molecule is O=C(O)c1ccc(F)c(NC(=O)[C@H]2CCCN2Cc2ccccc2)c1. The minimum atomic E-state index is -1.16. The van der Waals surface area contributed by atoms with Crippen molar-refractivity contribution in [3.63, 3.8) is 0 Å². The van der Waals surface area contributed by atoms with Gasteiger partial charge in [0.15, 0.2) is 0 Å². The van der Waals surface area contributed by atoms with E-state index in [0.717, 1.165) is 30.7 Å². The molecule has 0 aromatic heterocycles. The first kappa shape index (κ1) is 17.1. The Hall–Kier alpha value is -2.73. The first-order valence-corrected chi connectivity index (χ1v) is 8.16. The number of amides is 1. The predicted octanol–water partition coefficient (Wildman–Crippen LogP) is 3.13. The average molecular weight is 342 g/mol. The minimum Gasteiger partial charge on any atom is -0.478 e. The Balaban J connectivity index is 1.72. The molecule has 1 saturated heterocycles. The summed E-state index contributed by atoms with van der Waals surface area (Å²) in [5, 5.41) is 11.6. The first-order valence-electron chi connectivity index (χ1n) is 8.16. The van der Waals surface area contributed by atoms with Gasteiger partial charge in [0.25, 0.3) is 0 Å². The number of carboxylic acid groups (broad SMARTS) is 1. The Labute approximate surface area is 145 Å². The van der Waals surface area contributed by atoms with Gasteiger partial charge in [0, 0.05) is 6.54 Å². The van der Waals surface area contributed by atoms with Crippen molar-refractivity contribution in [3.05, 3.63) is 65.5 Å². The number of rotatable bonds is 5. The van der Waals surface area contributed by atoms with Gasteiger partial charge >= 0.3 is 5.97 Å². The van der Waals surface area contributed by atoms with Gasteiger partial charge < -0.3 is 10.4 Å². The molecule has 0 radical (unpaired) electrons. The molecule has 130 valence electrons. The molecule has 1 heterocycles. The number of hydrogen-bond donors (Lipinski definition) is 2. The van der Waals surface area contributed by atoms with E-state index in [4.69, 9.17) is 5.11 Å². The molecule has 25 heavy (non-hydrogen) atoms. The molecular weight excluding hydrogens is 323 g/mol. The molecule has 1 aliphatic heterocycles. The summed E-state index contributed by atoms with van der Waals surface area (Å²) in [6, 6.07) is 12.9. The van der Waals surface area contributed by atoms with Gasteiger partial charge in [-0.15, -0.1) is 0 Å². The molecule has 1 atom stereocenters. The monoisotopic (exact) mass is 342 g/mol. The number of anilines is 1. The molecule has 5 nitrogen and oxygen atoms in total. The summed E-state index contributed by atoms with van der Waals surface area (Å²) in [5.41, 5.74) is 0.946. The van der Waals surface area contributed by atoms with E-state index >= 15 is 0 Å². The van der Waals surface area contributed by atoms with E-state index in [1.807, 2.05) is 30.3 Å². The Morgan fingerprint density at radius 3 is 2.68 bits per heavy atom. The fraction of sp³-hybridized carbons (Fsp3) is 0.263. The third-order valence-corrected chi connectivity index (χ3v) is 4.37. The van der Waals surface area contributed by atoms with E-state index in [-0.39, 0.29) is 23.2 Å². The zero-order valence-electron chi connectivity index (χ0n) is 13.6. The molecule has 6 heteroatoms. The summed E-state index contributed by atoms with van der Waals surface area (Å²) in [6.45, 7) is 1.45. The molecule has 0 saturated carbocycles. The molecule has 2 aromatic rings. The molecule has 2 aromatic carbocycles. The maximum Gasteiger partial charge on any atom is 0.335 e. The van der Waals surface area contributed by atoms with Crippen molar-refractivity contribution in [1.29, 1.82) is 0 Å². The maximum absolute atomic E-state index is 13.9. The predicted molar refractivity (Wildman–Crippen MR) is 91.9 cm³/mol. The van der Waals surface area contributed by atoms with E-state index < -0.39 is 11.8 Å². The van der Waals surface area contributed by atoms with Gasteiger partial charge in [0.2, 0.25) is 5.91 Å². The van der Waals surface area contributed by atoms with Crippen LogP contribution in [-0.2, 0) is 11.3 Å². The van der Waals surface area contributed by atoms with Crippen LogP contribution in [0.3, 0.4) is 0 Å². The highest BCUT2D eigenvalue weighted by atomic mass is 19.1. The summed E-state index contributed by atoms with van der Waals surface area (Å²) >= 11 is 0. The van der Waals surface area contributed by atoms with Crippen molar-refractivity contribution in [3.8, 4) is 0 Å². The molecule has 1 fully saturated rings. The van der Waals surface area contributed by atoms with Crippen LogP contribution in [0.15, 0.2) is 48.5 Å². The highest BCUT2D eigenvalue weighted by molar-refractivity contribution is 5.96. The molecule has 0 bridgehead atoms. The Bertz CT molecular complexity index is 779. The number of likely N-dealkylation sites (tertiary alicyclic amines) is 1. The number of hydrogen-bond acceptors (Lipinski definition) is 3. The zero-order valence-corrected chi connectivity index (χ0v) is 13.6. The standard InChI is InChI=1S/C19H19FN2O3/c20-15-9-8-14(19(24)25)11-16(15)21-18(23)17-7-4-10-22(17)12-13-5-2-1-3-6-13/h1-3,5-6,8-9,11,17H,4,7,10,12H2,(H,21,23)(H,24,25)/t17-/m1/s1. The average Bonchev–Trinajstić information content (AvgIpc) is 3.05.